The van der Waals surface area contributed by atoms with Gasteiger partial charge in [-0.3, -0.25) is 4.79 Å². The van der Waals surface area contributed by atoms with E-state index in [-0.39, 0.29) is 5.91 Å². The molecule has 3 aromatic carbocycles. The topological polar surface area (TPSA) is 38.3 Å². The highest BCUT2D eigenvalue weighted by molar-refractivity contribution is 5.94. The average molecular weight is 373 g/mol. The summed E-state index contributed by atoms with van der Waals surface area (Å²) in [6, 6.07) is 22.4. The second kappa shape index (κ2) is 8.92. The van der Waals surface area contributed by atoms with Crippen molar-refractivity contribution in [1.82, 2.24) is 5.32 Å². The van der Waals surface area contributed by atoms with Gasteiger partial charge in [-0.25, -0.2) is 0 Å². The minimum atomic E-state index is 0.0268. The first-order valence-corrected chi connectivity index (χ1v) is 10.3. The summed E-state index contributed by atoms with van der Waals surface area (Å²) in [5, 5.41) is 5.49. The molecule has 3 nitrogen and oxygen atoms in total. The van der Waals surface area contributed by atoms with E-state index < -0.39 is 0 Å². The van der Waals surface area contributed by atoms with Gasteiger partial charge in [0.15, 0.2) is 0 Å². The summed E-state index contributed by atoms with van der Waals surface area (Å²) >= 11 is 0. The number of carbonyl (C=O) groups is 1. The molecule has 0 saturated heterocycles. The van der Waals surface area contributed by atoms with Crippen LogP contribution in [0.1, 0.15) is 54.4 Å². The van der Waals surface area contributed by atoms with E-state index in [1.165, 1.54) is 25.7 Å². The van der Waals surface area contributed by atoms with Gasteiger partial charge in [-0.15, -0.1) is 0 Å². The average Bonchev–Trinajstić information content (AvgIpc) is 3.01. The monoisotopic (exact) mass is 373 g/mol. The van der Waals surface area contributed by atoms with E-state index in [0.717, 1.165) is 34.9 Å². The molecule has 0 unspecified atom stereocenters. The van der Waals surface area contributed by atoms with Gasteiger partial charge in [-0.2, -0.15) is 0 Å². The van der Waals surface area contributed by atoms with Crippen LogP contribution in [0.5, 0.6) is 5.75 Å². The second-order valence-corrected chi connectivity index (χ2v) is 7.63. The van der Waals surface area contributed by atoms with Gasteiger partial charge in [0.25, 0.3) is 5.91 Å². The Labute approximate surface area is 166 Å². The van der Waals surface area contributed by atoms with Crippen molar-refractivity contribution < 1.29 is 9.53 Å². The van der Waals surface area contributed by atoms with Crippen LogP contribution in [0.15, 0.2) is 66.7 Å². The number of fused-ring (bicyclic) bond motifs is 1. The first-order chi connectivity index (χ1) is 13.8. The second-order valence-electron chi connectivity index (χ2n) is 7.63. The molecule has 0 atom stereocenters. The summed E-state index contributed by atoms with van der Waals surface area (Å²) in [5.41, 5.74) is 1.71. The molecule has 0 heterocycles. The normalized spacial score (nSPS) is 15.1. The number of ether oxygens (including phenoxy) is 1. The molecular weight excluding hydrogens is 346 g/mol. The zero-order chi connectivity index (χ0) is 19.2. The molecule has 0 aromatic heterocycles. The Morgan fingerprint density at radius 2 is 1.64 bits per heavy atom. The lowest BCUT2D eigenvalue weighted by molar-refractivity contribution is 0.0933. The summed E-state index contributed by atoms with van der Waals surface area (Å²) in [4.78, 5) is 12.7. The Morgan fingerprint density at radius 1 is 0.893 bits per heavy atom. The summed E-state index contributed by atoms with van der Waals surface area (Å²) in [5.74, 6) is 0.894. The van der Waals surface area contributed by atoms with Crippen molar-refractivity contribution in [2.24, 2.45) is 0 Å². The molecule has 3 heteroatoms. The highest BCUT2D eigenvalue weighted by atomic mass is 16.5. The van der Waals surface area contributed by atoms with E-state index >= 15 is 0 Å². The van der Waals surface area contributed by atoms with Gasteiger partial charge >= 0.3 is 0 Å². The van der Waals surface area contributed by atoms with Gasteiger partial charge in [0.05, 0.1) is 0 Å². The lowest BCUT2D eigenvalue weighted by Crippen LogP contribution is -2.34. The van der Waals surface area contributed by atoms with E-state index in [2.05, 4.69) is 23.5 Å². The third-order valence-corrected chi connectivity index (χ3v) is 5.52. The standard InChI is InChI=1S/C25H27NO2/c27-25(26-22-13-3-1-2-4-14-22)21-12-7-9-19(17-21)18-28-24-16-8-11-20-10-5-6-15-23(20)24/h5-12,15-17,22H,1-4,13-14,18H2,(H,26,27). The number of rotatable bonds is 5. The number of nitrogens with one attached hydrogen (secondary N) is 1. The molecule has 3 aromatic rings. The van der Waals surface area contributed by atoms with Gasteiger partial charge in [-0.1, -0.05) is 74.2 Å². The van der Waals surface area contributed by atoms with Crippen LogP contribution in [0.25, 0.3) is 10.8 Å². The number of hydrogen-bond donors (Lipinski definition) is 1. The van der Waals surface area contributed by atoms with E-state index in [1.807, 2.05) is 48.5 Å². The predicted octanol–water partition coefficient (Wildman–Crippen LogP) is 5.87. The smallest absolute Gasteiger partial charge is 0.251 e. The number of benzene rings is 3. The van der Waals surface area contributed by atoms with Gasteiger partial charge < -0.3 is 10.1 Å². The Bertz CT molecular complexity index is 937. The van der Waals surface area contributed by atoms with Crippen molar-refractivity contribution in [1.29, 1.82) is 0 Å². The maximum atomic E-state index is 12.7. The van der Waals surface area contributed by atoms with Crippen molar-refractivity contribution >= 4 is 16.7 Å². The third kappa shape index (κ3) is 4.53. The Kier molecular flexibility index (Phi) is 5.91. The van der Waals surface area contributed by atoms with Crippen LogP contribution >= 0.6 is 0 Å². The molecule has 1 aliphatic carbocycles. The van der Waals surface area contributed by atoms with Crippen LogP contribution < -0.4 is 10.1 Å². The Balaban J connectivity index is 1.42. The van der Waals surface area contributed by atoms with Gasteiger partial charge in [0.1, 0.15) is 12.4 Å². The van der Waals surface area contributed by atoms with Crippen molar-refractivity contribution in [3.05, 3.63) is 77.9 Å². The molecule has 1 saturated carbocycles. The van der Waals surface area contributed by atoms with Crippen molar-refractivity contribution in [2.75, 3.05) is 0 Å². The SMILES string of the molecule is O=C(NC1CCCCCC1)c1cccc(COc2cccc3ccccc23)c1. The molecular formula is C25H27NO2. The van der Waals surface area contributed by atoms with Crippen molar-refractivity contribution in [3.8, 4) is 5.75 Å². The molecule has 0 aliphatic heterocycles. The molecule has 1 fully saturated rings. The fourth-order valence-corrected chi connectivity index (χ4v) is 3.98. The highest BCUT2D eigenvalue weighted by Crippen LogP contribution is 2.26. The van der Waals surface area contributed by atoms with E-state index in [0.29, 0.717) is 18.2 Å². The lowest BCUT2D eigenvalue weighted by Gasteiger charge is -2.16. The summed E-state index contributed by atoms with van der Waals surface area (Å²) in [6.07, 6.45) is 7.18. The van der Waals surface area contributed by atoms with Gasteiger partial charge in [0.2, 0.25) is 0 Å². The first kappa shape index (κ1) is 18.5. The molecule has 144 valence electrons. The summed E-state index contributed by atoms with van der Waals surface area (Å²) in [6.45, 7) is 0.443. The van der Waals surface area contributed by atoms with Crippen LogP contribution in [0.3, 0.4) is 0 Å². The van der Waals surface area contributed by atoms with Gasteiger partial charge in [0, 0.05) is 17.0 Å². The molecule has 28 heavy (non-hydrogen) atoms. The zero-order valence-electron chi connectivity index (χ0n) is 16.2. The molecule has 1 aliphatic rings. The molecule has 0 radical (unpaired) electrons. The molecule has 1 N–H and O–H groups in total. The first-order valence-electron chi connectivity index (χ1n) is 10.3. The molecule has 0 bridgehead atoms. The molecule has 1 amide bonds. The fourth-order valence-electron chi connectivity index (χ4n) is 3.98. The summed E-state index contributed by atoms with van der Waals surface area (Å²) < 4.78 is 6.07. The minimum absolute atomic E-state index is 0.0268. The van der Waals surface area contributed by atoms with Crippen LogP contribution in [-0.4, -0.2) is 11.9 Å². The number of carbonyl (C=O) groups excluding carboxylic acids is 1. The third-order valence-electron chi connectivity index (χ3n) is 5.52. The maximum absolute atomic E-state index is 12.7. The lowest BCUT2D eigenvalue weighted by atomic mass is 10.1. The quantitative estimate of drug-likeness (QED) is 0.568. The molecule has 0 spiro atoms. The predicted molar refractivity (Wildman–Crippen MR) is 114 cm³/mol. The van der Waals surface area contributed by atoms with Crippen LogP contribution in [0, 0.1) is 0 Å². The molecule has 4 rings (SSSR count). The highest BCUT2D eigenvalue weighted by Gasteiger charge is 2.16. The van der Waals surface area contributed by atoms with E-state index in [9.17, 15) is 4.79 Å². The van der Waals surface area contributed by atoms with E-state index in [4.69, 9.17) is 4.74 Å². The number of amides is 1. The van der Waals surface area contributed by atoms with Gasteiger partial charge in [-0.05, 0) is 42.0 Å². The summed E-state index contributed by atoms with van der Waals surface area (Å²) in [7, 11) is 0. The van der Waals surface area contributed by atoms with Crippen molar-refractivity contribution in [2.45, 2.75) is 51.2 Å². The zero-order valence-corrected chi connectivity index (χ0v) is 16.2. The largest absolute Gasteiger partial charge is 0.488 e. The number of hydrogen-bond acceptors (Lipinski definition) is 2. The fraction of sp³-hybridized carbons (Fsp3) is 0.320. The maximum Gasteiger partial charge on any atom is 0.251 e. The van der Waals surface area contributed by atoms with Crippen LogP contribution in [-0.2, 0) is 6.61 Å². The van der Waals surface area contributed by atoms with Crippen molar-refractivity contribution in [3.63, 3.8) is 0 Å². The minimum Gasteiger partial charge on any atom is -0.488 e. The Hall–Kier alpha value is -2.81. The van der Waals surface area contributed by atoms with Crippen LogP contribution in [0.2, 0.25) is 0 Å². The van der Waals surface area contributed by atoms with Crippen LogP contribution in [0.4, 0.5) is 0 Å². The van der Waals surface area contributed by atoms with E-state index in [1.54, 1.807) is 0 Å². The Morgan fingerprint density at radius 3 is 2.50 bits per heavy atom.